The van der Waals surface area contributed by atoms with E-state index in [1.165, 1.54) is 50.8 Å². The van der Waals surface area contributed by atoms with E-state index in [2.05, 4.69) is 41.6 Å². The number of likely N-dealkylation sites (tertiary alicyclic amines) is 1. The van der Waals surface area contributed by atoms with E-state index in [1.807, 2.05) is 11.3 Å². The van der Waals surface area contributed by atoms with Gasteiger partial charge in [0, 0.05) is 12.0 Å². The Bertz CT molecular complexity index is 876. The second-order valence-corrected chi connectivity index (χ2v) is 13.2. The van der Waals surface area contributed by atoms with E-state index in [9.17, 15) is 5.11 Å². The van der Waals surface area contributed by atoms with Crippen molar-refractivity contribution >= 4 is 11.3 Å². The summed E-state index contributed by atoms with van der Waals surface area (Å²) in [6.07, 6.45) is 14.8. The van der Waals surface area contributed by atoms with E-state index in [0.29, 0.717) is 23.9 Å². The lowest BCUT2D eigenvalue weighted by molar-refractivity contribution is -0.178. The normalized spacial score (nSPS) is 45.4. The van der Waals surface area contributed by atoms with Crippen LogP contribution in [0.25, 0.3) is 0 Å². The number of rotatable bonds is 5. The van der Waals surface area contributed by atoms with Crippen molar-refractivity contribution in [1.82, 2.24) is 4.90 Å². The molecular formula is C29H43NO2S. The maximum atomic E-state index is 12.4. The van der Waals surface area contributed by atoms with Crippen molar-refractivity contribution in [3.8, 4) is 0 Å². The van der Waals surface area contributed by atoms with Crippen LogP contribution >= 0.6 is 11.3 Å². The monoisotopic (exact) mass is 469 g/mol. The molecule has 1 unspecified atom stereocenters. The van der Waals surface area contributed by atoms with Gasteiger partial charge in [-0.2, -0.15) is 11.3 Å². The van der Waals surface area contributed by atoms with E-state index in [0.717, 1.165) is 45.3 Å². The smallest absolute Gasteiger partial charge is 0.0759 e. The fraction of sp³-hybridized carbons (Fsp3) is 0.793. The van der Waals surface area contributed by atoms with Gasteiger partial charge in [0.1, 0.15) is 0 Å². The van der Waals surface area contributed by atoms with Gasteiger partial charge in [0.2, 0.25) is 0 Å². The second kappa shape index (κ2) is 8.47. The summed E-state index contributed by atoms with van der Waals surface area (Å²) in [6.45, 7) is 9.44. The van der Waals surface area contributed by atoms with Crippen molar-refractivity contribution in [2.45, 2.75) is 95.7 Å². The number of ether oxygens (including phenoxy) is 1. The Hall–Kier alpha value is -0.680. The van der Waals surface area contributed by atoms with Gasteiger partial charge in [0.25, 0.3) is 0 Å². The summed E-state index contributed by atoms with van der Waals surface area (Å²) in [7, 11) is 0. The van der Waals surface area contributed by atoms with Crippen molar-refractivity contribution in [2.75, 3.05) is 26.2 Å². The molecule has 0 bridgehead atoms. The molecule has 1 N–H and O–H groups in total. The molecule has 4 aliphatic carbocycles. The molecule has 0 spiro atoms. The van der Waals surface area contributed by atoms with E-state index in [1.54, 1.807) is 5.57 Å². The third-order valence-electron chi connectivity index (χ3n) is 11.1. The van der Waals surface area contributed by atoms with Gasteiger partial charge in [0.15, 0.2) is 0 Å². The molecule has 0 amide bonds. The summed E-state index contributed by atoms with van der Waals surface area (Å²) in [4.78, 5) is 2.55. The van der Waals surface area contributed by atoms with E-state index < -0.39 is 5.60 Å². The van der Waals surface area contributed by atoms with Crippen molar-refractivity contribution in [3.05, 3.63) is 34.0 Å². The molecule has 4 heteroatoms. The van der Waals surface area contributed by atoms with Crippen LogP contribution in [0.3, 0.4) is 0 Å². The van der Waals surface area contributed by atoms with Gasteiger partial charge >= 0.3 is 0 Å². The molecule has 3 nitrogen and oxygen atoms in total. The molecule has 0 radical (unpaired) electrons. The molecule has 4 fully saturated rings. The largest absolute Gasteiger partial charge is 0.389 e. The lowest BCUT2D eigenvalue weighted by Crippen LogP contribution is -2.60. The van der Waals surface area contributed by atoms with Gasteiger partial charge in [-0.25, -0.2) is 0 Å². The van der Waals surface area contributed by atoms with Crippen LogP contribution in [0.15, 0.2) is 28.5 Å². The van der Waals surface area contributed by atoms with Crippen LogP contribution in [0, 0.1) is 22.7 Å². The number of hydrogen-bond acceptors (Lipinski definition) is 4. The standard InChI is InChI=1S/C29H43NO2S/c1-27-11-7-23(32-17-16-30-14-3-4-15-30)19-22(27)5-6-26-25(27)8-12-28(2)24(9-13-29(26,28)31)21-10-18-33-20-21/h10,18-20,23-26,31H,3-9,11-17H2,1-2H3/t23?,24-,25+,26-,27+,28-,29+/m1/s1. The molecule has 182 valence electrons. The molecule has 33 heavy (non-hydrogen) atoms. The van der Waals surface area contributed by atoms with Crippen LogP contribution in [-0.4, -0.2) is 48.0 Å². The maximum absolute atomic E-state index is 12.4. The molecule has 1 aromatic heterocycles. The minimum atomic E-state index is -0.500. The zero-order valence-corrected chi connectivity index (χ0v) is 21.5. The van der Waals surface area contributed by atoms with Crippen LogP contribution in [-0.2, 0) is 4.74 Å². The maximum Gasteiger partial charge on any atom is 0.0759 e. The van der Waals surface area contributed by atoms with Gasteiger partial charge < -0.3 is 14.7 Å². The highest BCUT2D eigenvalue weighted by molar-refractivity contribution is 7.08. The topological polar surface area (TPSA) is 32.7 Å². The third kappa shape index (κ3) is 3.53. The van der Waals surface area contributed by atoms with Crippen molar-refractivity contribution < 1.29 is 9.84 Å². The van der Waals surface area contributed by atoms with Gasteiger partial charge in [-0.3, -0.25) is 0 Å². The Labute approximate surface area is 204 Å². The van der Waals surface area contributed by atoms with Gasteiger partial charge in [-0.1, -0.05) is 25.5 Å². The highest BCUT2D eigenvalue weighted by atomic mass is 32.1. The van der Waals surface area contributed by atoms with Crippen molar-refractivity contribution in [2.24, 2.45) is 22.7 Å². The Kier molecular flexibility index (Phi) is 5.84. The molecule has 1 saturated heterocycles. The predicted octanol–water partition coefficient (Wildman–Crippen LogP) is 6.39. The number of allylic oxidation sites excluding steroid dienone is 1. The summed E-state index contributed by atoms with van der Waals surface area (Å²) >= 11 is 1.81. The first-order chi connectivity index (χ1) is 15.9. The zero-order valence-electron chi connectivity index (χ0n) is 20.7. The summed E-state index contributed by atoms with van der Waals surface area (Å²) < 4.78 is 6.37. The average Bonchev–Trinajstić information content (AvgIpc) is 3.55. The van der Waals surface area contributed by atoms with Crippen LogP contribution in [0.5, 0.6) is 0 Å². The number of fused-ring (bicyclic) bond motifs is 5. The fourth-order valence-electron chi connectivity index (χ4n) is 9.14. The first kappa shape index (κ1) is 22.8. The predicted molar refractivity (Wildman–Crippen MR) is 136 cm³/mol. The SMILES string of the molecule is C[C@]12CCC(OCCN3CCCC3)C=C1CC[C@@H]1[C@@H]2CC[C@]2(C)[C@@H](c3ccsc3)CC[C@]12O. The van der Waals surface area contributed by atoms with Crippen LogP contribution < -0.4 is 0 Å². The zero-order chi connectivity index (χ0) is 22.7. The fourth-order valence-corrected chi connectivity index (χ4v) is 9.86. The highest BCUT2D eigenvalue weighted by Gasteiger charge is 2.66. The van der Waals surface area contributed by atoms with Gasteiger partial charge in [0.05, 0.1) is 18.3 Å². The second-order valence-electron chi connectivity index (χ2n) is 12.4. The van der Waals surface area contributed by atoms with E-state index in [4.69, 9.17) is 4.74 Å². The molecule has 6 rings (SSSR count). The average molecular weight is 470 g/mol. The number of hydrogen-bond donors (Lipinski definition) is 1. The van der Waals surface area contributed by atoms with Crippen LogP contribution in [0.2, 0.25) is 0 Å². The molecule has 1 aliphatic heterocycles. The number of nitrogens with zero attached hydrogens (tertiary/aromatic N) is 1. The lowest BCUT2D eigenvalue weighted by atomic mass is 9.45. The molecule has 0 aromatic carbocycles. The molecule has 7 atom stereocenters. The summed E-state index contributed by atoms with van der Waals surface area (Å²) in [5.41, 5.74) is 2.92. The summed E-state index contributed by atoms with van der Waals surface area (Å²) in [6, 6.07) is 2.31. The number of thiophene rings is 1. The van der Waals surface area contributed by atoms with Crippen LogP contribution in [0.1, 0.15) is 89.5 Å². The Morgan fingerprint density at radius 1 is 1.06 bits per heavy atom. The first-order valence-corrected chi connectivity index (χ1v) is 14.7. The van der Waals surface area contributed by atoms with Crippen molar-refractivity contribution in [3.63, 3.8) is 0 Å². The molecule has 2 heterocycles. The number of aliphatic hydroxyl groups is 1. The molecule has 1 aromatic rings. The Morgan fingerprint density at radius 2 is 1.91 bits per heavy atom. The van der Waals surface area contributed by atoms with Gasteiger partial charge in [-0.15, -0.1) is 0 Å². The lowest BCUT2D eigenvalue weighted by Gasteiger charge is -2.62. The third-order valence-corrected chi connectivity index (χ3v) is 11.8. The first-order valence-electron chi connectivity index (χ1n) is 13.7. The minimum absolute atomic E-state index is 0.0305. The molecule has 5 aliphatic rings. The highest BCUT2D eigenvalue weighted by Crippen LogP contribution is 2.70. The molecule has 3 saturated carbocycles. The minimum Gasteiger partial charge on any atom is -0.389 e. The van der Waals surface area contributed by atoms with E-state index >= 15 is 0 Å². The quantitative estimate of drug-likeness (QED) is 0.507. The summed E-state index contributed by atoms with van der Waals surface area (Å²) in [5.74, 6) is 1.61. The van der Waals surface area contributed by atoms with Crippen molar-refractivity contribution in [1.29, 1.82) is 0 Å². The summed E-state index contributed by atoms with van der Waals surface area (Å²) in [5, 5.41) is 16.9. The Morgan fingerprint density at radius 3 is 2.70 bits per heavy atom. The van der Waals surface area contributed by atoms with Gasteiger partial charge in [-0.05, 0) is 123 Å². The Balaban J connectivity index is 1.18. The molecular weight excluding hydrogens is 426 g/mol. The van der Waals surface area contributed by atoms with Crippen LogP contribution in [0.4, 0.5) is 0 Å². The van der Waals surface area contributed by atoms with E-state index in [-0.39, 0.29) is 10.8 Å².